The second-order valence-corrected chi connectivity index (χ2v) is 13.0. The van der Waals surface area contributed by atoms with E-state index in [0.29, 0.717) is 47.7 Å². The number of hydrogen-bond acceptors (Lipinski definition) is 5. The zero-order chi connectivity index (χ0) is 29.9. The van der Waals surface area contributed by atoms with Gasteiger partial charge in [-0.15, -0.1) is 0 Å². The van der Waals surface area contributed by atoms with E-state index in [1.54, 1.807) is 40.6 Å². The molecule has 0 amide bonds. The Hall–Kier alpha value is -3.90. The molecule has 0 bridgehead atoms. The molecule has 3 aliphatic carbocycles. The number of Topliss-reactive ketones (excluding diaryl/α,β-unsaturated/α-hetero) is 1. The minimum Gasteiger partial charge on any atom is -0.291 e. The predicted octanol–water partition coefficient (Wildman–Crippen LogP) is 5.89. The first-order chi connectivity index (χ1) is 20.7. The number of nitrogens with zero attached hydrogens (tertiary/aromatic N) is 6. The third kappa shape index (κ3) is 4.96. The van der Waals surface area contributed by atoms with Gasteiger partial charge in [-0.25, -0.2) is 22.3 Å². The van der Waals surface area contributed by atoms with E-state index in [1.165, 1.54) is 18.2 Å². The maximum Gasteiger partial charge on any atom is 0.333 e. The number of carbonyl (C=O) groups is 1. The van der Waals surface area contributed by atoms with Crippen LogP contribution in [0.3, 0.4) is 0 Å². The minimum absolute atomic E-state index is 0.0355. The summed E-state index contributed by atoms with van der Waals surface area (Å²) in [4.78, 5) is 19.1. The van der Waals surface area contributed by atoms with Gasteiger partial charge >= 0.3 is 6.55 Å². The molecular weight excluding hydrogens is 577 g/mol. The SMILES string of the molecule is CN(C1CCC2=Cc3c(cnn3-c3ccc(F)cc3)CC2(C(=O)c2ccc(C3CC3)cn2)C1)S(=O)c1ccn(C(F)F)n1. The Kier molecular flexibility index (Phi) is 6.93. The zero-order valence-electron chi connectivity index (χ0n) is 23.4. The molecule has 0 aliphatic heterocycles. The van der Waals surface area contributed by atoms with Crippen molar-refractivity contribution in [1.82, 2.24) is 28.9 Å². The molecule has 8 nitrogen and oxygen atoms in total. The van der Waals surface area contributed by atoms with Crippen molar-refractivity contribution in [1.29, 1.82) is 0 Å². The maximum atomic E-state index is 14.5. The number of fused-ring (bicyclic) bond motifs is 2. The first-order valence-electron chi connectivity index (χ1n) is 14.3. The summed E-state index contributed by atoms with van der Waals surface area (Å²) in [6.07, 6.45) is 10.8. The van der Waals surface area contributed by atoms with Gasteiger partial charge in [0.25, 0.3) is 0 Å². The summed E-state index contributed by atoms with van der Waals surface area (Å²) >= 11 is 0. The fraction of sp³-hybridized carbons (Fsp3) is 0.355. The number of alkyl halides is 2. The van der Waals surface area contributed by atoms with E-state index in [-0.39, 0.29) is 22.7 Å². The van der Waals surface area contributed by atoms with E-state index in [2.05, 4.69) is 15.2 Å². The average molecular weight is 607 g/mol. The number of allylic oxidation sites excluding steroid dienone is 1. The number of ketones is 1. The number of halogens is 3. The van der Waals surface area contributed by atoms with Crippen molar-refractivity contribution in [2.75, 3.05) is 7.05 Å². The second kappa shape index (κ2) is 10.7. The molecule has 1 aromatic carbocycles. The molecule has 4 aromatic rings. The molecule has 43 heavy (non-hydrogen) atoms. The van der Waals surface area contributed by atoms with Crippen LogP contribution in [0.2, 0.25) is 0 Å². The molecule has 0 radical (unpaired) electrons. The Bertz CT molecular complexity index is 1750. The predicted molar refractivity (Wildman–Crippen MR) is 153 cm³/mol. The van der Waals surface area contributed by atoms with Gasteiger partial charge in [0.2, 0.25) is 0 Å². The van der Waals surface area contributed by atoms with Crippen molar-refractivity contribution >= 4 is 22.8 Å². The summed E-state index contributed by atoms with van der Waals surface area (Å²) in [7, 11) is -0.125. The smallest absolute Gasteiger partial charge is 0.291 e. The maximum absolute atomic E-state index is 14.5. The molecule has 2 fully saturated rings. The summed E-state index contributed by atoms with van der Waals surface area (Å²) in [5.74, 6) is 0.0666. The summed E-state index contributed by atoms with van der Waals surface area (Å²) < 4.78 is 57.2. The third-order valence-electron chi connectivity index (χ3n) is 8.95. The molecule has 2 saturated carbocycles. The van der Waals surface area contributed by atoms with Crippen LogP contribution >= 0.6 is 0 Å². The lowest BCUT2D eigenvalue weighted by Crippen LogP contribution is -2.48. The van der Waals surface area contributed by atoms with Gasteiger partial charge in [-0.1, -0.05) is 11.6 Å². The highest BCUT2D eigenvalue weighted by atomic mass is 32.2. The normalized spacial score (nSPS) is 22.3. The highest BCUT2D eigenvalue weighted by Gasteiger charge is 2.50. The molecule has 3 atom stereocenters. The topological polar surface area (TPSA) is 85.9 Å². The van der Waals surface area contributed by atoms with Crippen molar-refractivity contribution in [3.63, 3.8) is 0 Å². The molecule has 0 spiro atoms. The number of aromatic nitrogens is 5. The van der Waals surface area contributed by atoms with Crippen molar-refractivity contribution in [3.05, 3.63) is 95.0 Å². The Morgan fingerprint density at radius 1 is 1.09 bits per heavy atom. The van der Waals surface area contributed by atoms with Crippen LogP contribution in [0.25, 0.3) is 11.8 Å². The molecule has 12 heteroatoms. The minimum atomic E-state index is -2.83. The lowest BCUT2D eigenvalue weighted by atomic mass is 9.60. The quantitative estimate of drug-likeness (QED) is 0.234. The van der Waals surface area contributed by atoms with E-state index in [1.807, 2.05) is 18.2 Å². The standard InChI is InChI=1S/C31H29F3N6O2S/c1-38(43(42)28-12-13-39(37-28)30(33)34)25-8-5-22-14-27-21(18-36-40(27)24-9-6-23(32)7-10-24)15-31(22,16-25)29(41)26-11-4-20(17-35-26)19-2-3-19/h4,6-7,9-14,17-19,25,30H,2-3,5,8,15-16H2,1H3. The van der Waals surface area contributed by atoms with Gasteiger partial charge in [-0.05, 0) is 98.0 Å². The summed E-state index contributed by atoms with van der Waals surface area (Å²) in [6, 6.07) is 10.9. The molecular formula is C31H29F3N6O2S. The molecule has 3 heterocycles. The summed E-state index contributed by atoms with van der Waals surface area (Å²) in [5, 5.41) is 8.43. The highest BCUT2D eigenvalue weighted by molar-refractivity contribution is 7.82. The van der Waals surface area contributed by atoms with E-state index < -0.39 is 22.9 Å². The molecule has 0 saturated heterocycles. The number of benzene rings is 1. The van der Waals surface area contributed by atoms with Gasteiger partial charge in [0.05, 0.1) is 23.0 Å². The van der Waals surface area contributed by atoms with Gasteiger partial charge < -0.3 is 0 Å². The van der Waals surface area contributed by atoms with Crippen LogP contribution in [0.5, 0.6) is 0 Å². The number of hydrogen-bond donors (Lipinski definition) is 0. The Morgan fingerprint density at radius 3 is 2.56 bits per heavy atom. The van der Waals surface area contributed by atoms with Crippen molar-refractivity contribution in [2.24, 2.45) is 5.41 Å². The van der Waals surface area contributed by atoms with Crippen molar-refractivity contribution in [2.45, 2.75) is 62.1 Å². The van der Waals surface area contributed by atoms with Crippen LogP contribution in [-0.2, 0) is 17.4 Å². The highest BCUT2D eigenvalue weighted by Crippen LogP contribution is 2.51. The lowest BCUT2D eigenvalue weighted by molar-refractivity contribution is 0.0553. The fourth-order valence-corrected chi connectivity index (χ4v) is 7.52. The molecule has 3 unspecified atom stereocenters. The second-order valence-electron chi connectivity index (χ2n) is 11.6. The number of rotatable bonds is 8. The first kappa shape index (κ1) is 27.9. The first-order valence-corrected chi connectivity index (χ1v) is 15.4. The lowest BCUT2D eigenvalue weighted by Gasteiger charge is -2.45. The van der Waals surface area contributed by atoms with Gasteiger partial charge in [0.15, 0.2) is 10.8 Å². The fourth-order valence-electron chi connectivity index (χ4n) is 6.43. The van der Waals surface area contributed by atoms with E-state index in [0.717, 1.165) is 41.4 Å². The summed E-state index contributed by atoms with van der Waals surface area (Å²) in [6.45, 7) is -2.83. The van der Waals surface area contributed by atoms with Gasteiger partial charge in [0.1, 0.15) is 22.5 Å². The Balaban J connectivity index is 1.25. The zero-order valence-corrected chi connectivity index (χ0v) is 24.2. The van der Waals surface area contributed by atoms with Crippen LogP contribution in [0.1, 0.15) is 71.9 Å². The van der Waals surface area contributed by atoms with Crippen molar-refractivity contribution < 1.29 is 22.2 Å². The van der Waals surface area contributed by atoms with Crippen LogP contribution in [0.15, 0.2) is 71.7 Å². The average Bonchev–Trinajstić information content (AvgIpc) is 3.61. The van der Waals surface area contributed by atoms with E-state index >= 15 is 0 Å². The Labute approximate surface area is 248 Å². The number of pyridine rings is 1. The molecule has 3 aromatic heterocycles. The van der Waals surface area contributed by atoms with Crippen molar-refractivity contribution in [3.8, 4) is 5.69 Å². The Morgan fingerprint density at radius 2 is 1.88 bits per heavy atom. The van der Waals surface area contributed by atoms with E-state index in [4.69, 9.17) is 0 Å². The largest absolute Gasteiger partial charge is 0.333 e. The molecule has 0 N–H and O–H groups in total. The van der Waals surface area contributed by atoms with Crippen LogP contribution in [0.4, 0.5) is 13.2 Å². The van der Waals surface area contributed by atoms with Crippen LogP contribution in [-0.4, -0.2) is 51.9 Å². The van der Waals surface area contributed by atoms with Gasteiger partial charge in [0, 0.05) is 25.5 Å². The van der Waals surface area contributed by atoms with Crippen LogP contribution in [0, 0.1) is 11.2 Å². The van der Waals surface area contributed by atoms with Crippen LogP contribution < -0.4 is 0 Å². The monoisotopic (exact) mass is 606 g/mol. The molecule has 3 aliphatic rings. The van der Waals surface area contributed by atoms with Gasteiger partial charge in [-0.3, -0.25) is 9.78 Å². The molecule has 222 valence electrons. The van der Waals surface area contributed by atoms with E-state index in [9.17, 15) is 22.2 Å². The molecule has 7 rings (SSSR count). The number of carbonyl (C=O) groups excluding carboxylic acids is 1. The summed E-state index contributed by atoms with van der Waals surface area (Å²) in [5.41, 5.74) is 3.93. The van der Waals surface area contributed by atoms with Gasteiger partial charge in [-0.2, -0.15) is 19.0 Å². The third-order valence-corrected chi connectivity index (χ3v) is 10.3.